The Kier molecular flexibility index (Phi) is 6.34. The van der Waals surface area contributed by atoms with E-state index in [4.69, 9.17) is 21.1 Å². The molecule has 1 aromatic heterocycles. The van der Waals surface area contributed by atoms with Crippen LogP contribution in [-0.2, 0) is 9.53 Å². The minimum atomic E-state index is -0.595. The molecule has 7 heteroatoms. The number of ether oxygens (including phenoxy) is 2. The van der Waals surface area contributed by atoms with Crippen LogP contribution in [0.1, 0.15) is 34.6 Å². The number of fused-ring (bicyclic) bond motifs is 1. The number of amides is 1. The van der Waals surface area contributed by atoms with Crippen LogP contribution in [0.5, 0.6) is 5.75 Å². The van der Waals surface area contributed by atoms with Gasteiger partial charge in [-0.3, -0.25) is 9.78 Å². The van der Waals surface area contributed by atoms with Crippen molar-refractivity contribution in [2.75, 3.05) is 13.7 Å². The number of nitrogens with zero attached hydrogens (tertiary/aromatic N) is 1. The fraction of sp³-hybridized carbons (Fsp3) is 0.227. The number of esters is 1. The maximum Gasteiger partial charge on any atom is 0.340 e. The summed E-state index contributed by atoms with van der Waals surface area (Å²) in [5.74, 6) is -0.301. The van der Waals surface area contributed by atoms with Crippen molar-refractivity contribution < 1.29 is 19.1 Å². The molecule has 6 nitrogen and oxygen atoms in total. The Bertz CT molecular complexity index is 1050. The molecular weight excluding hydrogens is 392 g/mol. The number of aryl methyl sites for hydroxylation is 1. The topological polar surface area (TPSA) is 77.5 Å². The Morgan fingerprint density at radius 1 is 1.14 bits per heavy atom. The van der Waals surface area contributed by atoms with Crippen LogP contribution in [0.25, 0.3) is 10.9 Å². The number of pyridine rings is 1. The fourth-order valence-electron chi connectivity index (χ4n) is 2.90. The first-order valence-electron chi connectivity index (χ1n) is 9.04. The molecule has 0 fully saturated rings. The van der Waals surface area contributed by atoms with Crippen molar-refractivity contribution in [3.05, 3.63) is 70.4 Å². The van der Waals surface area contributed by atoms with E-state index in [2.05, 4.69) is 10.3 Å². The second-order valence-corrected chi connectivity index (χ2v) is 7.03. The Morgan fingerprint density at radius 3 is 2.55 bits per heavy atom. The summed E-state index contributed by atoms with van der Waals surface area (Å²) in [4.78, 5) is 29.0. The number of methoxy groups -OCH3 is 1. The number of carbonyl (C=O) groups excluding carboxylic acids is 2. The molecule has 0 aliphatic carbocycles. The highest BCUT2D eigenvalue weighted by molar-refractivity contribution is 6.30. The lowest BCUT2D eigenvalue weighted by Crippen LogP contribution is -2.31. The average Bonchev–Trinajstić information content (AvgIpc) is 2.71. The number of aromatic nitrogens is 1. The van der Waals surface area contributed by atoms with Gasteiger partial charge in [-0.25, -0.2) is 4.79 Å². The molecule has 3 aromatic rings. The van der Waals surface area contributed by atoms with Crippen molar-refractivity contribution in [2.45, 2.75) is 19.9 Å². The third-order valence-electron chi connectivity index (χ3n) is 4.52. The summed E-state index contributed by atoms with van der Waals surface area (Å²) in [6.45, 7) is 3.18. The number of nitrogens with one attached hydrogen (secondary N) is 1. The highest BCUT2D eigenvalue weighted by Crippen LogP contribution is 2.22. The summed E-state index contributed by atoms with van der Waals surface area (Å²) in [6, 6.07) is 14.0. The molecule has 1 atom stereocenters. The third-order valence-corrected chi connectivity index (χ3v) is 4.77. The Morgan fingerprint density at radius 2 is 1.86 bits per heavy atom. The predicted octanol–water partition coefficient (Wildman–Crippen LogP) is 4.24. The minimum absolute atomic E-state index is 0.238. The van der Waals surface area contributed by atoms with Crippen LogP contribution in [0.3, 0.4) is 0 Å². The molecule has 0 spiro atoms. The van der Waals surface area contributed by atoms with Gasteiger partial charge in [-0.05, 0) is 49.7 Å². The maximum atomic E-state index is 12.4. The van der Waals surface area contributed by atoms with E-state index < -0.39 is 11.9 Å². The second-order valence-electron chi connectivity index (χ2n) is 6.60. The monoisotopic (exact) mass is 412 g/mol. The second kappa shape index (κ2) is 8.92. The van der Waals surface area contributed by atoms with Crippen molar-refractivity contribution in [3.8, 4) is 5.75 Å². The van der Waals surface area contributed by atoms with E-state index in [-0.39, 0.29) is 12.6 Å². The molecule has 3 rings (SSSR count). The molecule has 1 unspecified atom stereocenters. The van der Waals surface area contributed by atoms with Crippen LogP contribution >= 0.6 is 11.6 Å². The van der Waals surface area contributed by atoms with Gasteiger partial charge in [-0.2, -0.15) is 0 Å². The largest absolute Gasteiger partial charge is 0.497 e. The molecule has 0 saturated carbocycles. The minimum Gasteiger partial charge on any atom is -0.497 e. The zero-order chi connectivity index (χ0) is 21.0. The highest BCUT2D eigenvalue weighted by Gasteiger charge is 2.16. The number of benzene rings is 2. The molecule has 150 valence electrons. The Balaban J connectivity index is 1.63. The third kappa shape index (κ3) is 5.03. The van der Waals surface area contributed by atoms with E-state index in [1.807, 2.05) is 25.1 Å². The molecule has 0 bridgehead atoms. The quantitative estimate of drug-likeness (QED) is 0.613. The molecule has 0 saturated heterocycles. The van der Waals surface area contributed by atoms with Crippen LogP contribution in [0.15, 0.2) is 48.5 Å². The number of hydrogen-bond donors (Lipinski definition) is 1. The summed E-state index contributed by atoms with van der Waals surface area (Å²) in [7, 11) is 1.58. The molecule has 1 heterocycles. The van der Waals surface area contributed by atoms with Crippen molar-refractivity contribution in [1.29, 1.82) is 0 Å². The van der Waals surface area contributed by atoms with Gasteiger partial charge < -0.3 is 14.8 Å². The lowest BCUT2D eigenvalue weighted by molar-refractivity contribution is -0.124. The molecule has 2 aromatic carbocycles. The van der Waals surface area contributed by atoms with Gasteiger partial charge in [0.15, 0.2) is 6.61 Å². The first kappa shape index (κ1) is 20.6. The maximum absolute atomic E-state index is 12.4. The summed E-state index contributed by atoms with van der Waals surface area (Å²) in [5, 5.41) is 4.20. The number of halogens is 1. The number of hydrogen-bond acceptors (Lipinski definition) is 5. The van der Waals surface area contributed by atoms with Crippen molar-refractivity contribution in [3.63, 3.8) is 0 Å². The number of rotatable bonds is 6. The number of carbonyl (C=O) groups is 2. The van der Waals surface area contributed by atoms with Crippen LogP contribution in [0.4, 0.5) is 0 Å². The smallest absolute Gasteiger partial charge is 0.340 e. The van der Waals surface area contributed by atoms with Gasteiger partial charge in [-0.15, -0.1) is 0 Å². The zero-order valence-corrected chi connectivity index (χ0v) is 17.1. The van der Waals surface area contributed by atoms with Gasteiger partial charge in [0.05, 0.1) is 29.9 Å². The zero-order valence-electron chi connectivity index (χ0n) is 16.4. The molecule has 0 aliphatic rings. The summed E-state index contributed by atoms with van der Waals surface area (Å²) in [6.07, 6.45) is 0. The van der Waals surface area contributed by atoms with E-state index in [0.717, 1.165) is 10.9 Å². The molecule has 29 heavy (non-hydrogen) atoms. The first-order chi connectivity index (χ1) is 13.9. The summed E-state index contributed by atoms with van der Waals surface area (Å²) < 4.78 is 10.4. The lowest BCUT2D eigenvalue weighted by atomic mass is 10.1. The molecule has 0 aliphatic heterocycles. The van der Waals surface area contributed by atoms with Gasteiger partial charge in [0.2, 0.25) is 0 Å². The van der Waals surface area contributed by atoms with Crippen LogP contribution < -0.4 is 10.1 Å². The Hall–Kier alpha value is -3.12. The van der Waals surface area contributed by atoms with E-state index >= 15 is 0 Å². The summed E-state index contributed by atoms with van der Waals surface area (Å²) in [5.41, 5.74) is 2.46. The summed E-state index contributed by atoms with van der Waals surface area (Å²) >= 11 is 5.87. The van der Waals surface area contributed by atoms with Gasteiger partial charge in [-0.1, -0.05) is 23.7 Å². The van der Waals surface area contributed by atoms with Crippen LogP contribution in [0, 0.1) is 6.92 Å². The standard InChI is InChI=1S/C22H21ClN2O4/c1-13(15-4-7-17(23)8-5-15)25-21(26)12-29-22(27)19-10-16-6-9-18(28-3)11-20(16)24-14(19)2/h4-11,13H,12H2,1-3H3,(H,25,26). The van der Waals surface area contributed by atoms with E-state index in [9.17, 15) is 9.59 Å². The van der Waals surface area contributed by atoms with Crippen molar-refractivity contribution in [1.82, 2.24) is 10.3 Å². The Labute approximate surface area is 173 Å². The molecule has 0 radical (unpaired) electrons. The van der Waals surface area contributed by atoms with Crippen molar-refractivity contribution >= 4 is 34.4 Å². The normalized spacial score (nSPS) is 11.7. The highest BCUT2D eigenvalue weighted by atomic mass is 35.5. The predicted molar refractivity (Wildman–Crippen MR) is 111 cm³/mol. The van der Waals surface area contributed by atoms with Gasteiger partial charge in [0, 0.05) is 16.5 Å². The van der Waals surface area contributed by atoms with Gasteiger partial charge >= 0.3 is 5.97 Å². The van der Waals surface area contributed by atoms with Crippen LogP contribution in [-0.4, -0.2) is 30.6 Å². The van der Waals surface area contributed by atoms with E-state index in [1.54, 1.807) is 44.4 Å². The van der Waals surface area contributed by atoms with Gasteiger partial charge in [0.1, 0.15) is 5.75 Å². The van der Waals surface area contributed by atoms with Crippen molar-refractivity contribution in [2.24, 2.45) is 0 Å². The molecule has 1 amide bonds. The fourth-order valence-corrected chi connectivity index (χ4v) is 3.03. The molecular formula is C22H21ClN2O4. The van der Waals surface area contributed by atoms with Crippen LogP contribution in [0.2, 0.25) is 5.02 Å². The first-order valence-corrected chi connectivity index (χ1v) is 9.42. The lowest BCUT2D eigenvalue weighted by Gasteiger charge is -2.15. The van der Waals surface area contributed by atoms with E-state index in [0.29, 0.717) is 27.5 Å². The van der Waals surface area contributed by atoms with Gasteiger partial charge in [0.25, 0.3) is 5.91 Å². The SMILES string of the molecule is COc1ccc2cc(C(=O)OCC(=O)NC(C)c3ccc(Cl)cc3)c(C)nc2c1. The van der Waals surface area contributed by atoms with E-state index in [1.165, 1.54) is 0 Å². The molecule has 1 N–H and O–H groups in total. The average molecular weight is 413 g/mol.